The molecule has 5 rings (SSSR count). The highest BCUT2D eigenvalue weighted by atomic mass is 35.5. The lowest BCUT2D eigenvalue weighted by atomic mass is 10.1. The van der Waals surface area contributed by atoms with Gasteiger partial charge in [0.15, 0.2) is 5.82 Å². The topological polar surface area (TPSA) is 144 Å². The molecule has 0 saturated heterocycles. The molecule has 1 amide bonds. The SMILES string of the molecule is COc1ccc(Cl)cc1S(=O)(=O)N1CCOc2ccc(C(=O)Nc3ccc(-c4noc(=O)[nH]4)cc3)cc21. The lowest BCUT2D eigenvalue weighted by Crippen LogP contribution is -2.38. The highest BCUT2D eigenvalue weighted by Gasteiger charge is 2.33. The van der Waals surface area contributed by atoms with Crippen molar-refractivity contribution in [1.82, 2.24) is 10.1 Å². The highest BCUT2D eigenvalue weighted by molar-refractivity contribution is 7.93. The van der Waals surface area contributed by atoms with Crippen molar-refractivity contribution in [1.29, 1.82) is 0 Å². The summed E-state index contributed by atoms with van der Waals surface area (Å²) in [7, 11) is -2.73. The molecule has 13 heteroatoms. The van der Waals surface area contributed by atoms with Gasteiger partial charge >= 0.3 is 5.76 Å². The molecule has 0 unspecified atom stereocenters. The van der Waals surface area contributed by atoms with E-state index in [9.17, 15) is 18.0 Å². The molecule has 11 nitrogen and oxygen atoms in total. The van der Waals surface area contributed by atoms with E-state index in [1.54, 1.807) is 36.4 Å². The maximum atomic E-state index is 13.6. The zero-order valence-electron chi connectivity index (χ0n) is 19.2. The number of H-pyrrole nitrogens is 1. The van der Waals surface area contributed by atoms with E-state index in [1.807, 2.05) is 0 Å². The van der Waals surface area contributed by atoms with E-state index in [0.717, 1.165) is 0 Å². The monoisotopic (exact) mass is 542 g/mol. The van der Waals surface area contributed by atoms with Crippen molar-refractivity contribution in [3.05, 3.63) is 81.8 Å². The van der Waals surface area contributed by atoms with Crippen LogP contribution in [0.3, 0.4) is 0 Å². The van der Waals surface area contributed by atoms with Gasteiger partial charge in [0.1, 0.15) is 23.0 Å². The number of ether oxygens (including phenoxy) is 2. The first-order valence-electron chi connectivity index (χ1n) is 10.9. The van der Waals surface area contributed by atoms with Crippen LogP contribution in [0.4, 0.5) is 11.4 Å². The van der Waals surface area contributed by atoms with E-state index in [-0.39, 0.29) is 45.9 Å². The van der Waals surface area contributed by atoms with Crippen LogP contribution >= 0.6 is 11.6 Å². The number of benzene rings is 3. The molecule has 0 fully saturated rings. The number of halogens is 1. The number of rotatable bonds is 6. The Morgan fingerprint density at radius 3 is 2.62 bits per heavy atom. The maximum Gasteiger partial charge on any atom is 0.439 e. The summed E-state index contributed by atoms with van der Waals surface area (Å²) in [6, 6.07) is 15.4. The van der Waals surface area contributed by atoms with Gasteiger partial charge < -0.3 is 14.8 Å². The standard InChI is InChI=1S/C24H19ClN4O7S/c1-34-20-9-5-16(25)13-21(20)37(32,33)29-10-11-35-19-8-4-15(12-18(19)29)23(30)26-17-6-2-14(3-7-17)22-27-24(31)36-28-22/h2-9,12-13H,10-11H2,1H3,(H,26,30)(H,27,28,31). The van der Waals surface area contributed by atoms with Crippen molar-refractivity contribution in [3.63, 3.8) is 0 Å². The number of carbonyl (C=O) groups is 1. The molecule has 37 heavy (non-hydrogen) atoms. The van der Waals surface area contributed by atoms with Gasteiger partial charge in [-0.1, -0.05) is 16.8 Å². The smallest absolute Gasteiger partial charge is 0.439 e. The molecule has 2 N–H and O–H groups in total. The molecule has 1 aromatic heterocycles. The van der Waals surface area contributed by atoms with Crippen LogP contribution in [0.2, 0.25) is 5.02 Å². The molecule has 0 spiro atoms. The van der Waals surface area contributed by atoms with Crippen molar-refractivity contribution >= 4 is 38.9 Å². The number of aromatic amines is 1. The summed E-state index contributed by atoms with van der Waals surface area (Å²) in [5.41, 5.74) is 1.49. The van der Waals surface area contributed by atoms with Crippen molar-refractivity contribution in [2.24, 2.45) is 0 Å². The summed E-state index contributed by atoms with van der Waals surface area (Å²) in [5, 5.41) is 6.62. The van der Waals surface area contributed by atoms with Crippen LogP contribution in [-0.2, 0) is 10.0 Å². The molecule has 0 radical (unpaired) electrons. The first-order valence-corrected chi connectivity index (χ1v) is 12.7. The molecule has 2 heterocycles. The van der Waals surface area contributed by atoms with Gasteiger partial charge in [-0.15, -0.1) is 0 Å². The Kier molecular flexibility index (Phi) is 6.36. The normalized spacial score (nSPS) is 13.0. The second kappa shape index (κ2) is 9.64. The van der Waals surface area contributed by atoms with E-state index in [1.165, 1.54) is 35.7 Å². The molecule has 0 bridgehead atoms. The maximum absolute atomic E-state index is 13.6. The minimum absolute atomic E-state index is 0.0294. The number of nitrogens with zero attached hydrogens (tertiary/aromatic N) is 2. The van der Waals surface area contributed by atoms with Gasteiger partial charge in [-0.05, 0) is 60.7 Å². The van der Waals surface area contributed by atoms with E-state index in [0.29, 0.717) is 17.0 Å². The predicted octanol–water partition coefficient (Wildman–Crippen LogP) is 3.53. The van der Waals surface area contributed by atoms with Gasteiger partial charge in [0.05, 0.1) is 19.3 Å². The van der Waals surface area contributed by atoms with Crippen molar-refractivity contribution in [3.8, 4) is 22.9 Å². The van der Waals surface area contributed by atoms with Crippen LogP contribution in [0.1, 0.15) is 10.4 Å². The van der Waals surface area contributed by atoms with Crippen molar-refractivity contribution in [2.75, 3.05) is 29.9 Å². The van der Waals surface area contributed by atoms with Crippen LogP contribution in [0.5, 0.6) is 11.5 Å². The molecule has 3 aromatic carbocycles. The van der Waals surface area contributed by atoms with E-state index >= 15 is 0 Å². The Bertz CT molecular complexity index is 1650. The van der Waals surface area contributed by atoms with Crippen molar-refractivity contribution in [2.45, 2.75) is 4.90 Å². The molecular formula is C24H19ClN4O7S. The minimum Gasteiger partial charge on any atom is -0.495 e. The zero-order chi connectivity index (χ0) is 26.2. The second-order valence-corrected chi connectivity index (χ2v) is 10.1. The van der Waals surface area contributed by atoms with Crippen LogP contribution in [0.15, 0.2) is 74.9 Å². The zero-order valence-corrected chi connectivity index (χ0v) is 20.8. The lowest BCUT2D eigenvalue weighted by Gasteiger charge is -2.31. The fourth-order valence-electron chi connectivity index (χ4n) is 3.82. The van der Waals surface area contributed by atoms with Gasteiger partial charge in [0, 0.05) is 21.8 Å². The quantitative estimate of drug-likeness (QED) is 0.376. The van der Waals surface area contributed by atoms with Crippen LogP contribution in [-0.4, -0.2) is 44.7 Å². The summed E-state index contributed by atoms with van der Waals surface area (Å²) >= 11 is 6.07. The molecule has 1 aliphatic heterocycles. The average Bonchev–Trinajstić information content (AvgIpc) is 3.34. The molecule has 190 valence electrons. The molecule has 0 saturated carbocycles. The average molecular weight is 543 g/mol. The number of hydrogen-bond donors (Lipinski definition) is 2. The Morgan fingerprint density at radius 1 is 1.14 bits per heavy atom. The van der Waals surface area contributed by atoms with E-state index in [2.05, 4.69) is 20.0 Å². The number of sulfonamides is 1. The predicted molar refractivity (Wildman–Crippen MR) is 135 cm³/mol. The number of nitrogens with one attached hydrogen (secondary N) is 2. The third-order valence-electron chi connectivity index (χ3n) is 5.59. The number of aromatic nitrogens is 2. The van der Waals surface area contributed by atoms with Crippen LogP contribution in [0, 0.1) is 0 Å². The Hall–Kier alpha value is -4.29. The fourth-order valence-corrected chi connectivity index (χ4v) is 5.70. The first kappa shape index (κ1) is 24.4. The number of hydrogen-bond acceptors (Lipinski definition) is 8. The van der Waals surface area contributed by atoms with Gasteiger partial charge in [0.2, 0.25) is 0 Å². The summed E-state index contributed by atoms with van der Waals surface area (Å²) in [6.07, 6.45) is 0. The third kappa shape index (κ3) is 4.76. The lowest BCUT2D eigenvalue weighted by molar-refractivity contribution is 0.102. The first-order chi connectivity index (χ1) is 17.8. The third-order valence-corrected chi connectivity index (χ3v) is 7.66. The minimum atomic E-state index is -4.10. The number of anilines is 2. The highest BCUT2D eigenvalue weighted by Crippen LogP contribution is 2.39. The Morgan fingerprint density at radius 2 is 1.92 bits per heavy atom. The van der Waals surface area contributed by atoms with Gasteiger partial charge in [0.25, 0.3) is 15.9 Å². The van der Waals surface area contributed by atoms with Gasteiger partial charge in [-0.2, -0.15) is 0 Å². The molecule has 0 atom stereocenters. The number of carbonyl (C=O) groups excluding carboxylic acids is 1. The Labute approximate surface area is 215 Å². The van der Waals surface area contributed by atoms with Crippen LogP contribution < -0.4 is 24.9 Å². The Balaban J connectivity index is 1.42. The number of amides is 1. The summed E-state index contributed by atoms with van der Waals surface area (Å²) < 4.78 is 43.8. The van der Waals surface area contributed by atoms with Crippen LogP contribution in [0.25, 0.3) is 11.4 Å². The van der Waals surface area contributed by atoms with E-state index < -0.39 is 21.7 Å². The number of methoxy groups -OCH3 is 1. The summed E-state index contributed by atoms with van der Waals surface area (Å²) in [4.78, 5) is 26.5. The van der Waals surface area contributed by atoms with Gasteiger partial charge in [-0.25, -0.2) is 13.2 Å². The fraction of sp³-hybridized carbons (Fsp3) is 0.125. The largest absolute Gasteiger partial charge is 0.495 e. The molecule has 1 aliphatic rings. The molecular weight excluding hydrogens is 524 g/mol. The van der Waals surface area contributed by atoms with Crippen molar-refractivity contribution < 1.29 is 27.2 Å². The second-order valence-electron chi connectivity index (χ2n) is 7.88. The summed E-state index contributed by atoms with van der Waals surface area (Å²) in [5.74, 6) is -0.416. The van der Waals surface area contributed by atoms with Gasteiger partial charge in [-0.3, -0.25) is 18.6 Å². The van der Waals surface area contributed by atoms with E-state index in [4.69, 9.17) is 21.1 Å². The molecule has 0 aliphatic carbocycles. The number of fused-ring (bicyclic) bond motifs is 1. The summed E-state index contributed by atoms with van der Waals surface area (Å²) in [6.45, 7) is 0.158. The molecule has 4 aromatic rings.